The number of cyclic esters (lactones) is 1. The Morgan fingerprint density at radius 2 is 1.23 bits per heavy atom. The predicted molar refractivity (Wildman–Crippen MR) is 105 cm³/mol. The molecular formula is C24H15F2NO3. The third kappa shape index (κ3) is 2.50. The van der Waals surface area contributed by atoms with Gasteiger partial charge in [-0.2, -0.15) is 8.78 Å². The Balaban J connectivity index is 1.78. The number of hydrogen-bond donors (Lipinski definition) is 0. The highest BCUT2D eigenvalue weighted by molar-refractivity contribution is 5.91. The number of esters is 1. The fourth-order valence-electron chi connectivity index (χ4n) is 3.78. The van der Waals surface area contributed by atoms with Gasteiger partial charge >= 0.3 is 11.9 Å². The highest BCUT2D eigenvalue weighted by atomic mass is 19.3. The van der Waals surface area contributed by atoms with Gasteiger partial charge in [0, 0.05) is 16.7 Å². The second-order valence-corrected chi connectivity index (χ2v) is 6.94. The average Bonchev–Trinajstić information content (AvgIpc) is 3.26. The Kier molecular flexibility index (Phi) is 4.03. The number of oxazole rings is 1. The molecule has 0 unspecified atom stereocenters. The zero-order valence-corrected chi connectivity index (χ0v) is 15.6. The van der Waals surface area contributed by atoms with E-state index in [9.17, 15) is 4.79 Å². The lowest BCUT2D eigenvalue weighted by Gasteiger charge is -2.41. The van der Waals surface area contributed by atoms with Crippen molar-refractivity contribution in [3.8, 4) is 11.5 Å². The maximum absolute atomic E-state index is 16.2. The van der Waals surface area contributed by atoms with Gasteiger partial charge in [-0.25, -0.2) is 9.78 Å². The number of aromatic nitrogens is 1. The zero-order valence-electron chi connectivity index (χ0n) is 15.6. The molecule has 1 aromatic heterocycles. The van der Waals surface area contributed by atoms with Crippen LogP contribution in [-0.2, 0) is 16.3 Å². The van der Waals surface area contributed by atoms with Crippen LogP contribution >= 0.6 is 0 Å². The zero-order chi connectivity index (χ0) is 20.8. The molecule has 6 heteroatoms. The standard InChI is InChI=1S/C24H15F2NO3/c25-24(26)20-19(27-21(29-20)16-10-4-1-5-11-16)22(28)30-23(24,17-12-6-2-7-13-17)18-14-8-3-9-15-18/h1-15H. The number of carbonyl (C=O) groups is 1. The van der Waals surface area contributed by atoms with E-state index < -0.39 is 28.9 Å². The quantitative estimate of drug-likeness (QED) is 0.421. The first kappa shape index (κ1) is 18.2. The van der Waals surface area contributed by atoms with Crippen LogP contribution in [0.3, 0.4) is 0 Å². The van der Waals surface area contributed by atoms with E-state index in [1.165, 1.54) is 24.3 Å². The monoisotopic (exact) mass is 403 g/mol. The molecule has 4 nitrogen and oxygen atoms in total. The van der Waals surface area contributed by atoms with Gasteiger partial charge in [0.1, 0.15) is 0 Å². The van der Waals surface area contributed by atoms with Crippen LogP contribution in [-0.4, -0.2) is 11.0 Å². The molecule has 0 amide bonds. The Bertz CT molecular complexity index is 1170. The first-order valence-electron chi connectivity index (χ1n) is 9.33. The van der Waals surface area contributed by atoms with E-state index in [0.717, 1.165) is 0 Å². The lowest BCUT2D eigenvalue weighted by atomic mass is 9.78. The normalized spacial score (nSPS) is 16.5. The van der Waals surface area contributed by atoms with Crippen molar-refractivity contribution < 1.29 is 22.7 Å². The van der Waals surface area contributed by atoms with Crippen LogP contribution < -0.4 is 0 Å². The minimum absolute atomic E-state index is 0.0610. The molecule has 1 aliphatic heterocycles. The number of benzene rings is 3. The number of alkyl halides is 2. The first-order valence-corrected chi connectivity index (χ1v) is 9.33. The molecular weight excluding hydrogens is 388 g/mol. The lowest BCUT2D eigenvalue weighted by molar-refractivity contribution is -0.193. The smallest absolute Gasteiger partial charge is 0.362 e. The van der Waals surface area contributed by atoms with Gasteiger partial charge in [0.05, 0.1) is 0 Å². The predicted octanol–water partition coefficient (Wildman–Crippen LogP) is 5.55. The Morgan fingerprint density at radius 1 is 0.733 bits per heavy atom. The Hall–Kier alpha value is -3.80. The molecule has 5 rings (SSSR count). The topological polar surface area (TPSA) is 52.3 Å². The van der Waals surface area contributed by atoms with Crippen molar-refractivity contribution in [2.45, 2.75) is 11.5 Å². The second kappa shape index (κ2) is 6.62. The van der Waals surface area contributed by atoms with Crippen LogP contribution in [0.15, 0.2) is 95.4 Å². The highest BCUT2D eigenvalue weighted by Crippen LogP contribution is 2.56. The molecule has 0 radical (unpaired) electrons. The summed E-state index contributed by atoms with van der Waals surface area (Å²) in [5.74, 6) is -5.53. The van der Waals surface area contributed by atoms with Crippen LogP contribution in [0.1, 0.15) is 27.4 Å². The van der Waals surface area contributed by atoms with Gasteiger partial charge < -0.3 is 9.15 Å². The number of halogens is 2. The van der Waals surface area contributed by atoms with Gasteiger partial charge in [0.2, 0.25) is 17.3 Å². The summed E-state index contributed by atoms with van der Waals surface area (Å²) < 4.78 is 43.4. The number of nitrogens with zero attached hydrogens (tertiary/aromatic N) is 1. The van der Waals surface area contributed by atoms with Gasteiger partial charge in [-0.3, -0.25) is 0 Å². The highest BCUT2D eigenvalue weighted by Gasteiger charge is 2.67. The number of hydrogen-bond acceptors (Lipinski definition) is 4. The maximum atomic E-state index is 16.2. The Labute approximate surface area is 170 Å². The number of fused-ring (bicyclic) bond motifs is 1. The van der Waals surface area contributed by atoms with E-state index in [4.69, 9.17) is 9.15 Å². The second-order valence-electron chi connectivity index (χ2n) is 6.94. The Morgan fingerprint density at radius 3 is 1.77 bits per heavy atom. The van der Waals surface area contributed by atoms with Crippen molar-refractivity contribution in [1.82, 2.24) is 4.98 Å². The maximum Gasteiger partial charge on any atom is 0.362 e. The summed E-state index contributed by atoms with van der Waals surface area (Å²) in [7, 11) is 0. The van der Waals surface area contributed by atoms with Crippen LogP contribution in [0.2, 0.25) is 0 Å². The van der Waals surface area contributed by atoms with E-state index in [0.29, 0.717) is 5.56 Å². The molecule has 148 valence electrons. The summed E-state index contributed by atoms with van der Waals surface area (Å²) in [5, 5.41) is 0. The van der Waals surface area contributed by atoms with Crippen molar-refractivity contribution in [3.05, 3.63) is 114 Å². The molecule has 0 saturated carbocycles. The molecule has 0 bridgehead atoms. The summed E-state index contributed by atoms with van der Waals surface area (Å²) in [6, 6.07) is 24.5. The molecule has 0 fully saturated rings. The van der Waals surface area contributed by atoms with E-state index in [-0.39, 0.29) is 17.0 Å². The molecule has 30 heavy (non-hydrogen) atoms. The molecule has 2 heterocycles. The molecule has 0 N–H and O–H groups in total. The van der Waals surface area contributed by atoms with Crippen LogP contribution in [0.25, 0.3) is 11.5 Å². The van der Waals surface area contributed by atoms with Crippen LogP contribution in [0.5, 0.6) is 0 Å². The van der Waals surface area contributed by atoms with Gasteiger partial charge in [-0.05, 0) is 12.1 Å². The SMILES string of the molecule is O=C1OC(c2ccccc2)(c2ccccc2)C(F)(F)c2oc(-c3ccccc3)nc21. The molecule has 0 atom stereocenters. The van der Waals surface area contributed by atoms with Crippen LogP contribution in [0, 0.1) is 0 Å². The van der Waals surface area contributed by atoms with E-state index >= 15 is 8.78 Å². The van der Waals surface area contributed by atoms with Crippen molar-refractivity contribution in [2.24, 2.45) is 0 Å². The third-order valence-corrected chi connectivity index (χ3v) is 5.18. The number of rotatable bonds is 3. The van der Waals surface area contributed by atoms with E-state index in [2.05, 4.69) is 4.98 Å². The fourth-order valence-corrected chi connectivity index (χ4v) is 3.78. The van der Waals surface area contributed by atoms with Crippen molar-refractivity contribution >= 4 is 5.97 Å². The van der Waals surface area contributed by atoms with Crippen molar-refractivity contribution in [3.63, 3.8) is 0 Å². The molecule has 3 aromatic carbocycles. The number of carbonyl (C=O) groups excluding carboxylic acids is 1. The van der Waals surface area contributed by atoms with Gasteiger partial charge in [-0.15, -0.1) is 0 Å². The van der Waals surface area contributed by atoms with Crippen LogP contribution in [0.4, 0.5) is 8.78 Å². The van der Waals surface area contributed by atoms with Crippen molar-refractivity contribution in [1.29, 1.82) is 0 Å². The van der Waals surface area contributed by atoms with E-state index in [1.807, 2.05) is 0 Å². The molecule has 1 aliphatic rings. The molecule has 0 saturated heterocycles. The summed E-state index contributed by atoms with van der Waals surface area (Å²) in [6.07, 6.45) is 0. The summed E-state index contributed by atoms with van der Waals surface area (Å²) in [4.78, 5) is 16.9. The first-order chi connectivity index (χ1) is 14.5. The van der Waals surface area contributed by atoms with E-state index in [1.54, 1.807) is 66.7 Å². The molecule has 0 aliphatic carbocycles. The van der Waals surface area contributed by atoms with Gasteiger partial charge in [-0.1, -0.05) is 78.9 Å². The van der Waals surface area contributed by atoms with Gasteiger partial charge in [0.15, 0.2) is 5.69 Å². The largest absolute Gasteiger partial charge is 0.437 e. The van der Waals surface area contributed by atoms with Gasteiger partial charge in [0.25, 0.3) is 0 Å². The molecule has 4 aromatic rings. The summed E-state index contributed by atoms with van der Waals surface area (Å²) in [6.45, 7) is 0. The number of ether oxygens (including phenoxy) is 1. The molecule has 0 spiro atoms. The fraction of sp³-hybridized carbons (Fsp3) is 0.0833. The minimum Gasteiger partial charge on any atom is -0.437 e. The lowest BCUT2D eigenvalue weighted by Crippen LogP contribution is -2.51. The minimum atomic E-state index is -3.71. The summed E-state index contributed by atoms with van der Waals surface area (Å²) >= 11 is 0. The average molecular weight is 403 g/mol. The van der Waals surface area contributed by atoms with Crippen molar-refractivity contribution in [2.75, 3.05) is 0 Å². The summed E-state index contributed by atoms with van der Waals surface area (Å²) in [5.41, 5.74) is -2.13. The third-order valence-electron chi connectivity index (χ3n) is 5.18.